The van der Waals surface area contributed by atoms with Crippen LogP contribution >= 0.6 is 11.6 Å². The van der Waals surface area contributed by atoms with Gasteiger partial charge in [-0.3, -0.25) is 9.11 Å². The summed E-state index contributed by atoms with van der Waals surface area (Å²) in [6.45, 7) is 1.08. The van der Waals surface area contributed by atoms with Crippen molar-refractivity contribution in [2.24, 2.45) is 0 Å². The smallest absolute Gasteiger partial charge is 0.282 e. The first kappa shape index (κ1) is 14.8. The molecule has 0 aliphatic rings. The predicted octanol–water partition coefficient (Wildman–Crippen LogP) is 1.63. The van der Waals surface area contributed by atoms with Crippen LogP contribution in [-0.4, -0.2) is 25.9 Å². The monoisotopic (exact) mass is 313 g/mol. The van der Waals surface area contributed by atoms with E-state index in [9.17, 15) is 16.8 Å². The van der Waals surface area contributed by atoms with Crippen molar-refractivity contribution in [3.8, 4) is 0 Å². The minimum Gasteiger partial charge on any atom is -0.282 e. The molecule has 0 saturated carbocycles. The van der Waals surface area contributed by atoms with Gasteiger partial charge in [0.15, 0.2) is 9.87 Å². The third-order valence-corrected chi connectivity index (χ3v) is 4.54. The SMILES string of the molecule is Cc1c(Cl)c(S(=O)(=O)O)cc([N+]#N)c1S(=O)(=O)O. The number of diazo groups is 1. The standard InChI is InChI=1S/C7H5ClN2O6S2/c1-3-6(8)5(17(11,12)13)2-4(10-9)7(3)18(14,15)16/h2H,1H3,(H-,11,12,13,14,15,16)/p+1. The summed E-state index contributed by atoms with van der Waals surface area (Å²) in [6.07, 6.45) is 0. The lowest BCUT2D eigenvalue weighted by Gasteiger charge is -2.05. The van der Waals surface area contributed by atoms with Crippen molar-refractivity contribution in [2.75, 3.05) is 0 Å². The van der Waals surface area contributed by atoms with Gasteiger partial charge in [-0.1, -0.05) is 11.6 Å². The normalized spacial score (nSPS) is 12.2. The van der Waals surface area contributed by atoms with Crippen molar-refractivity contribution in [3.05, 3.63) is 21.6 Å². The molecule has 0 amide bonds. The molecular formula is C7H6ClN2O6S2+. The van der Waals surface area contributed by atoms with E-state index < -0.39 is 40.7 Å². The molecule has 0 radical (unpaired) electrons. The number of rotatable bonds is 2. The summed E-state index contributed by atoms with van der Waals surface area (Å²) >= 11 is 5.58. The Balaban J connectivity index is 3.97. The molecular weight excluding hydrogens is 308 g/mol. The molecule has 1 aromatic carbocycles. The molecule has 0 unspecified atom stereocenters. The fourth-order valence-corrected chi connectivity index (χ4v) is 3.31. The van der Waals surface area contributed by atoms with E-state index in [2.05, 4.69) is 4.98 Å². The number of hydrogen-bond acceptors (Lipinski definition) is 5. The van der Waals surface area contributed by atoms with Gasteiger partial charge >= 0.3 is 15.8 Å². The quantitative estimate of drug-likeness (QED) is 0.625. The second-order valence-electron chi connectivity index (χ2n) is 3.21. The van der Waals surface area contributed by atoms with Gasteiger partial charge in [-0.15, -0.1) is 0 Å². The Morgan fingerprint density at radius 2 is 1.72 bits per heavy atom. The molecule has 98 valence electrons. The molecule has 0 bridgehead atoms. The lowest BCUT2D eigenvalue weighted by molar-refractivity contribution is 0.478. The number of halogens is 1. The molecule has 0 fully saturated rings. The molecule has 0 heterocycles. The van der Waals surface area contributed by atoms with Gasteiger partial charge < -0.3 is 0 Å². The topological polar surface area (TPSA) is 137 Å². The predicted molar refractivity (Wildman–Crippen MR) is 60.6 cm³/mol. The fraction of sp³-hybridized carbons (Fsp3) is 0.143. The number of benzene rings is 1. The first-order chi connectivity index (χ1) is 8.00. The van der Waals surface area contributed by atoms with Gasteiger partial charge in [-0.25, -0.2) is 0 Å². The summed E-state index contributed by atoms with van der Waals surface area (Å²) in [6, 6.07) is 0.522. The Kier molecular flexibility index (Phi) is 3.66. The van der Waals surface area contributed by atoms with Crippen LogP contribution in [0.3, 0.4) is 0 Å². The fourth-order valence-electron chi connectivity index (χ4n) is 1.32. The minimum atomic E-state index is -4.78. The highest BCUT2D eigenvalue weighted by molar-refractivity contribution is 7.86. The van der Waals surface area contributed by atoms with Crippen LogP contribution in [0.5, 0.6) is 0 Å². The molecule has 0 spiro atoms. The summed E-state index contributed by atoms with van der Waals surface area (Å²) in [4.78, 5) is 0.863. The Morgan fingerprint density at radius 3 is 2.06 bits per heavy atom. The van der Waals surface area contributed by atoms with Gasteiger partial charge in [-0.05, 0) is 12.5 Å². The molecule has 0 atom stereocenters. The third kappa shape index (κ3) is 2.60. The van der Waals surface area contributed by atoms with E-state index >= 15 is 0 Å². The summed E-state index contributed by atoms with van der Waals surface area (Å²) in [7, 11) is -9.51. The van der Waals surface area contributed by atoms with Crippen molar-refractivity contribution >= 4 is 37.5 Å². The molecule has 0 saturated heterocycles. The molecule has 0 aliphatic carbocycles. The Bertz CT molecular complexity index is 762. The maximum Gasteiger partial charge on any atom is 0.407 e. The van der Waals surface area contributed by atoms with Crippen LogP contribution < -0.4 is 0 Å². The third-order valence-electron chi connectivity index (χ3n) is 2.03. The zero-order valence-electron chi connectivity index (χ0n) is 8.69. The lowest BCUT2D eigenvalue weighted by atomic mass is 10.2. The molecule has 1 aromatic rings. The van der Waals surface area contributed by atoms with E-state index in [0.717, 1.165) is 6.92 Å². The van der Waals surface area contributed by atoms with Crippen molar-refractivity contribution in [1.29, 1.82) is 5.39 Å². The summed E-state index contributed by atoms with van der Waals surface area (Å²) in [5.74, 6) is 0. The maximum absolute atomic E-state index is 11.1. The zero-order valence-corrected chi connectivity index (χ0v) is 11.1. The summed E-state index contributed by atoms with van der Waals surface area (Å²) in [5.41, 5.74) is -1.13. The van der Waals surface area contributed by atoms with Crippen LogP contribution in [0.2, 0.25) is 5.02 Å². The van der Waals surface area contributed by atoms with Crippen LogP contribution in [0.15, 0.2) is 15.9 Å². The molecule has 0 aliphatic heterocycles. The van der Waals surface area contributed by atoms with Crippen molar-refractivity contribution in [3.63, 3.8) is 0 Å². The summed E-state index contributed by atoms with van der Waals surface area (Å²) in [5, 5.41) is 8.02. The highest BCUT2D eigenvalue weighted by atomic mass is 35.5. The van der Waals surface area contributed by atoms with Crippen LogP contribution in [0.1, 0.15) is 5.56 Å². The van der Waals surface area contributed by atoms with Gasteiger partial charge in [0.1, 0.15) is 4.90 Å². The minimum absolute atomic E-state index is 0.373. The lowest BCUT2D eigenvalue weighted by Crippen LogP contribution is -2.06. The Morgan fingerprint density at radius 1 is 1.22 bits per heavy atom. The van der Waals surface area contributed by atoms with Crippen molar-refractivity contribution < 1.29 is 25.9 Å². The molecule has 2 N–H and O–H groups in total. The van der Waals surface area contributed by atoms with Gasteiger partial charge in [0.2, 0.25) is 5.39 Å². The largest absolute Gasteiger partial charge is 0.407 e. The van der Waals surface area contributed by atoms with E-state index in [1.165, 1.54) is 0 Å². The van der Waals surface area contributed by atoms with E-state index in [0.29, 0.717) is 6.07 Å². The van der Waals surface area contributed by atoms with E-state index in [-0.39, 0.29) is 5.56 Å². The van der Waals surface area contributed by atoms with Gasteiger partial charge in [0, 0.05) is 0 Å². The van der Waals surface area contributed by atoms with E-state index in [1.54, 1.807) is 0 Å². The van der Waals surface area contributed by atoms with Crippen molar-refractivity contribution in [2.45, 2.75) is 16.7 Å². The summed E-state index contributed by atoms with van der Waals surface area (Å²) < 4.78 is 61.9. The Hall–Kier alpha value is -1.25. The maximum atomic E-state index is 11.1. The zero-order chi connectivity index (χ0) is 14.3. The second-order valence-corrected chi connectivity index (χ2v) is 6.34. The van der Waals surface area contributed by atoms with Crippen molar-refractivity contribution in [1.82, 2.24) is 0 Å². The molecule has 18 heavy (non-hydrogen) atoms. The van der Waals surface area contributed by atoms with Gasteiger partial charge in [0.25, 0.3) is 10.1 Å². The highest BCUT2D eigenvalue weighted by Crippen LogP contribution is 2.37. The molecule has 11 heteroatoms. The van der Waals surface area contributed by atoms with Crippen LogP contribution in [0.4, 0.5) is 5.69 Å². The van der Waals surface area contributed by atoms with Crippen LogP contribution in [-0.2, 0) is 20.2 Å². The first-order valence-corrected chi connectivity index (χ1v) is 7.39. The number of nitrogens with zero attached hydrogens (tertiary/aromatic N) is 2. The molecule has 8 nitrogen and oxygen atoms in total. The van der Waals surface area contributed by atoms with Crippen LogP contribution in [0.25, 0.3) is 4.98 Å². The average Bonchev–Trinajstić information content (AvgIpc) is 2.17. The highest BCUT2D eigenvalue weighted by Gasteiger charge is 2.33. The van der Waals surface area contributed by atoms with Crippen LogP contribution in [0, 0.1) is 12.3 Å². The second kappa shape index (κ2) is 4.45. The average molecular weight is 314 g/mol. The van der Waals surface area contributed by atoms with E-state index in [4.69, 9.17) is 26.1 Å². The molecule has 0 aromatic heterocycles. The first-order valence-electron chi connectivity index (χ1n) is 4.13. The number of hydrogen-bond donors (Lipinski definition) is 2. The van der Waals surface area contributed by atoms with Gasteiger partial charge in [0.05, 0.1) is 11.1 Å². The van der Waals surface area contributed by atoms with Gasteiger partial charge in [-0.2, -0.15) is 16.8 Å². The molecule has 1 rings (SSSR count). The Labute approximate surface area is 107 Å². The van der Waals surface area contributed by atoms with E-state index in [1.807, 2.05) is 0 Å².